The van der Waals surface area contributed by atoms with E-state index < -0.39 is 22.9 Å². The van der Waals surface area contributed by atoms with E-state index in [-0.39, 0.29) is 17.1 Å². The zero-order valence-electron chi connectivity index (χ0n) is 14.2. The fourth-order valence-electron chi connectivity index (χ4n) is 2.68. The van der Waals surface area contributed by atoms with Crippen LogP contribution >= 0.6 is 0 Å². The predicted octanol–water partition coefficient (Wildman–Crippen LogP) is 3.59. The maximum absolute atomic E-state index is 12.2. The number of hydrogen-bond acceptors (Lipinski definition) is 6. The highest BCUT2D eigenvalue weighted by Crippen LogP contribution is 2.39. The van der Waals surface area contributed by atoms with E-state index in [4.69, 9.17) is 4.74 Å². The van der Waals surface area contributed by atoms with Crippen molar-refractivity contribution in [2.75, 3.05) is 0 Å². The normalized spacial score (nSPS) is 14.8. The van der Waals surface area contributed by atoms with Gasteiger partial charge in [-0.15, -0.1) is 0 Å². The molecule has 2 aromatic rings. The smallest absolute Gasteiger partial charge is 0.193 e. The molecular weight excluding hydrogens is 336 g/mol. The highest BCUT2D eigenvalue weighted by molar-refractivity contribution is 6.10. The summed E-state index contributed by atoms with van der Waals surface area (Å²) in [6.45, 7) is 3.74. The molecule has 26 heavy (non-hydrogen) atoms. The van der Waals surface area contributed by atoms with Crippen LogP contribution < -0.4 is 4.74 Å². The van der Waals surface area contributed by atoms with Gasteiger partial charge in [-0.3, -0.25) is 4.79 Å². The number of ketones is 1. The number of fused-ring (bicyclic) bond motifs is 1. The first-order valence-electron chi connectivity index (χ1n) is 7.89. The molecule has 0 radical (unpaired) electrons. The Morgan fingerprint density at radius 2 is 1.65 bits per heavy atom. The van der Waals surface area contributed by atoms with Crippen molar-refractivity contribution in [3.8, 4) is 28.7 Å². The lowest BCUT2D eigenvalue weighted by molar-refractivity contribution is 0.104. The summed E-state index contributed by atoms with van der Waals surface area (Å²) in [7, 11) is 0. The van der Waals surface area contributed by atoms with Crippen LogP contribution in [0, 0.1) is 0 Å². The molecule has 134 valence electrons. The minimum Gasteiger partial charge on any atom is -0.508 e. The standard InChI is InChI=1S/C20H18O6/c1-20(2)6-5-12-7-11(8-17(25)19(12)26-20)3-4-14(22)18-15(23)9-13(21)10-16(18)24/h3-10,21,23-25H,1-2H3/b4-3+. The molecule has 0 aromatic heterocycles. The molecule has 6 nitrogen and oxygen atoms in total. The van der Waals surface area contributed by atoms with Gasteiger partial charge in [0.2, 0.25) is 0 Å². The van der Waals surface area contributed by atoms with Crippen LogP contribution in [0.3, 0.4) is 0 Å². The summed E-state index contributed by atoms with van der Waals surface area (Å²) in [5.41, 5.74) is 0.379. The summed E-state index contributed by atoms with van der Waals surface area (Å²) >= 11 is 0. The summed E-state index contributed by atoms with van der Waals surface area (Å²) in [5, 5.41) is 39.0. The van der Waals surface area contributed by atoms with E-state index in [2.05, 4.69) is 0 Å². The van der Waals surface area contributed by atoms with Crippen molar-refractivity contribution in [2.24, 2.45) is 0 Å². The van der Waals surface area contributed by atoms with Crippen LogP contribution in [0.2, 0.25) is 0 Å². The molecule has 0 atom stereocenters. The van der Waals surface area contributed by atoms with Crippen LogP contribution in [0.15, 0.2) is 36.4 Å². The van der Waals surface area contributed by atoms with Gasteiger partial charge in [0, 0.05) is 17.7 Å². The molecule has 4 N–H and O–H groups in total. The molecular formula is C20H18O6. The van der Waals surface area contributed by atoms with Crippen molar-refractivity contribution in [3.63, 3.8) is 0 Å². The van der Waals surface area contributed by atoms with Gasteiger partial charge >= 0.3 is 0 Å². The van der Waals surface area contributed by atoms with E-state index in [1.54, 1.807) is 6.07 Å². The third-order valence-electron chi connectivity index (χ3n) is 3.90. The summed E-state index contributed by atoms with van der Waals surface area (Å²) in [6.07, 6.45) is 6.29. The first kappa shape index (κ1) is 17.4. The van der Waals surface area contributed by atoms with E-state index >= 15 is 0 Å². The van der Waals surface area contributed by atoms with E-state index in [0.717, 1.165) is 18.2 Å². The van der Waals surface area contributed by atoms with Crippen molar-refractivity contribution in [2.45, 2.75) is 19.4 Å². The monoisotopic (exact) mass is 354 g/mol. The fraction of sp³-hybridized carbons (Fsp3) is 0.150. The van der Waals surface area contributed by atoms with E-state index in [1.165, 1.54) is 12.1 Å². The van der Waals surface area contributed by atoms with Crippen LogP contribution in [0.5, 0.6) is 28.7 Å². The van der Waals surface area contributed by atoms with Gasteiger partial charge < -0.3 is 25.2 Å². The first-order chi connectivity index (χ1) is 12.2. The number of carbonyl (C=O) groups excluding carboxylic acids is 1. The molecule has 2 aromatic carbocycles. The molecule has 0 spiro atoms. The minimum atomic E-state index is -0.648. The van der Waals surface area contributed by atoms with Crippen LogP contribution in [0.1, 0.15) is 35.3 Å². The molecule has 0 unspecified atom stereocenters. The maximum atomic E-state index is 12.2. The molecule has 1 heterocycles. The lowest BCUT2D eigenvalue weighted by Gasteiger charge is -2.28. The summed E-state index contributed by atoms with van der Waals surface area (Å²) in [4.78, 5) is 12.2. The molecule has 1 aliphatic rings. The van der Waals surface area contributed by atoms with Gasteiger partial charge in [0.15, 0.2) is 17.3 Å². The van der Waals surface area contributed by atoms with E-state index in [9.17, 15) is 25.2 Å². The molecule has 6 heteroatoms. The average Bonchev–Trinajstić information content (AvgIpc) is 2.52. The summed E-state index contributed by atoms with van der Waals surface area (Å²) in [5.74, 6) is -1.73. The van der Waals surface area contributed by atoms with E-state index in [1.807, 2.05) is 26.0 Å². The van der Waals surface area contributed by atoms with E-state index in [0.29, 0.717) is 16.9 Å². The number of ether oxygens (including phenoxy) is 1. The van der Waals surface area contributed by atoms with Gasteiger partial charge in [0.05, 0.1) is 0 Å². The molecule has 0 aliphatic carbocycles. The van der Waals surface area contributed by atoms with Crippen LogP contribution in [-0.2, 0) is 0 Å². The fourth-order valence-corrected chi connectivity index (χ4v) is 2.68. The van der Waals surface area contributed by atoms with Crippen molar-refractivity contribution in [3.05, 3.63) is 53.1 Å². The van der Waals surface area contributed by atoms with Crippen molar-refractivity contribution in [1.29, 1.82) is 0 Å². The Hall–Kier alpha value is -3.41. The Balaban J connectivity index is 1.91. The van der Waals surface area contributed by atoms with Crippen molar-refractivity contribution >= 4 is 17.9 Å². The topological polar surface area (TPSA) is 107 Å². The summed E-state index contributed by atoms with van der Waals surface area (Å²) < 4.78 is 5.72. The van der Waals surface area contributed by atoms with Crippen molar-refractivity contribution in [1.82, 2.24) is 0 Å². The second kappa shape index (κ2) is 6.15. The van der Waals surface area contributed by atoms with Crippen LogP contribution in [0.4, 0.5) is 0 Å². The summed E-state index contributed by atoms with van der Waals surface area (Å²) in [6, 6.07) is 5.13. The van der Waals surface area contributed by atoms with Crippen molar-refractivity contribution < 1.29 is 30.0 Å². The number of phenolic OH excluding ortho intramolecular Hbond substituents is 4. The lowest BCUT2D eigenvalue weighted by Crippen LogP contribution is -2.27. The Bertz CT molecular complexity index is 930. The highest BCUT2D eigenvalue weighted by Gasteiger charge is 2.24. The molecule has 0 saturated heterocycles. The van der Waals surface area contributed by atoms with Gasteiger partial charge in [-0.2, -0.15) is 0 Å². The lowest BCUT2D eigenvalue weighted by atomic mass is 9.99. The third-order valence-corrected chi connectivity index (χ3v) is 3.90. The first-order valence-corrected chi connectivity index (χ1v) is 7.89. The quantitative estimate of drug-likeness (QED) is 0.496. The highest BCUT2D eigenvalue weighted by atomic mass is 16.5. The minimum absolute atomic E-state index is 0.0534. The Kier molecular flexibility index (Phi) is 4.12. The Labute approximate surface area is 149 Å². The van der Waals surface area contributed by atoms with Gasteiger partial charge in [-0.25, -0.2) is 0 Å². The Morgan fingerprint density at radius 3 is 2.31 bits per heavy atom. The number of aromatic hydroxyl groups is 4. The molecule has 0 saturated carbocycles. The molecule has 3 rings (SSSR count). The largest absolute Gasteiger partial charge is 0.508 e. The van der Waals surface area contributed by atoms with Gasteiger partial charge in [-0.05, 0) is 43.7 Å². The second-order valence-electron chi connectivity index (χ2n) is 6.55. The number of hydrogen-bond donors (Lipinski definition) is 4. The number of benzene rings is 2. The molecule has 0 amide bonds. The zero-order chi connectivity index (χ0) is 19.1. The average molecular weight is 354 g/mol. The SMILES string of the molecule is CC1(C)C=Cc2cc(/C=C/C(=O)c3c(O)cc(O)cc3O)cc(O)c2O1. The maximum Gasteiger partial charge on any atom is 0.193 e. The molecule has 1 aliphatic heterocycles. The Morgan fingerprint density at radius 1 is 1.00 bits per heavy atom. The number of allylic oxidation sites excluding steroid dienone is 1. The third kappa shape index (κ3) is 3.35. The number of carbonyl (C=O) groups is 1. The second-order valence-corrected chi connectivity index (χ2v) is 6.55. The predicted molar refractivity (Wildman–Crippen MR) is 96.6 cm³/mol. The van der Waals surface area contributed by atoms with Gasteiger partial charge in [0.25, 0.3) is 0 Å². The molecule has 0 bridgehead atoms. The van der Waals surface area contributed by atoms with Gasteiger partial charge in [-0.1, -0.05) is 12.2 Å². The van der Waals surface area contributed by atoms with Gasteiger partial charge in [0.1, 0.15) is 28.4 Å². The van der Waals surface area contributed by atoms with Crippen LogP contribution in [-0.4, -0.2) is 31.8 Å². The zero-order valence-corrected chi connectivity index (χ0v) is 14.2. The number of rotatable bonds is 3. The molecule has 0 fully saturated rings. The number of phenols is 4. The van der Waals surface area contributed by atoms with Crippen LogP contribution in [0.25, 0.3) is 12.2 Å².